The molecule has 1 aromatic carbocycles. The minimum atomic E-state index is -0.478. The van der Waals surface area contributed by atoms with Crippen LogP contribution in [0.15, 0.2) is 35.3 Å². The minimum absolute atomic E-state index is 0.0628. The third-order valence-electron chi connectivity index (χ3n) is 6.19. The van der Waals surface area contributed by atoms with Gasteiger partial charge in [-0.25, -0.2) is 8.78 Å². The fraction of sp³-hybridized carbons (Fsp3) is 0.500. The molecule has 160 valence electrons. The molecule has 1 aliphatic heterocycles. The highest BCUT2D eigenvalue weighted by Gasteiger charge is 2.58. The smallest absolute Gasteiger partial charge is 0.233 e. The molecule has 4 unspecified atom stereocenters. The van der Waals surface area contributed by atoms with Crippen molar-refractivity contribution in [3.05, 3.63) is 47.5 Å². The summed E-state index contributed by atoms with van der Waals surface area (Å²) in [4.78, 5) is 31.2. The fourth-order valence-electron chi connectivity index (χ4n) is 4.84. The number of carbonyl (C=O) groups excluding carboxylic acids is 2. The number of benzene rings is 1. The van der Waals surface area contributed by atoms with Crippen LogP contribution in [0, 0.1) is 35.3 Å². The molecule has 30 heavy (non-hydrogen) atoms. The first-order valence-electron chi connectivity index (χ1n) is 10.5. The van der Waals surface area contributed by atoms with Crippen molar-refractivity contribution in [2.24, 2.45) is 28.7 Å². The van der Waals surface area contributed by atoms with E-state index in [-0.39, 0.29) is 60.6 Å². The van der Waals surface area contributed by atoms with Crippen LogP contribution in [0.4, 0.5) is 8.78 Å². The van der Waals surface area contributed by atoms with Crippen molar-refractivity contribution >= 4 is 17.8 Å². The third kappa shape index (κ3) is 3.82. The number of allylic oxidation sites excluding steroid dienone is 2. The average molecular weight is 416 g/mol. The van der Waals surface area contributed by atoms with Crippen molar-refractivity contribution in [2.75, 3.05) is 26.2 Å². The van der Waals surface area contributed by atoms with Gasteiger partial charge in [0.15, 0.2) is 5.96 Å². The van der Waals surface area contributed by atoms with E-state index in [1.165, 1.54) is 11.0 Å². The van der Waals surface area contributed by atoms with Crippen LogP contribution in [0.3, 0.4) is 0 Å². The molecule has 0 aromatic heterocycles. The molecule has 6 nitrogen and oxygen atoms in total. The zero-order valence-electron chi connectivity index (χ0n) is 16.9. The molecule has 8 heteroatoms. The summed E-state index contributed by atoms with van der Waals surface area (Å²) >= 11 is 0. The Bertz CT molecular complexity index is 871. The lowest BCUT2D eigenvalue weighted by molar-refractivity contribution is -0.140. The van der Waals surface area contributed by atoms with E-state index in [1.807, 2.05) is 6.92 Å². The Kier molecular flexibility index (Phi) is 5.83. The summed E-state index contributed by atoms with van der Waals surface area (Å²) in [7, 11) is 0. The Hall–Kier alpha value is -2.77. The van der Waals surface area contributed by atoms with E-state index in [4.69, 9.17) is 0 Å². The van der Waals surface area contributed by atoms with E-state index in [2.05, 4.69) is 27.8 Å². The van der Waals surface area contributed by atoms with Crippen molar-refractivity contribution in [3.63, 3.8) is 0 Å². The molecule has 0 spiro atoms. The molecule has 1 saturated heterocycles. The topological polar surface area (TPSA) is 73.8 Å². The zero-order chi connectivity index (χ0) is 21.3. The van der Waals surface area contributed by atoms with Gasteiger partial charge < -0.3 is 10.6 Å². The molecular weight excluding hydrogens is 390 g/mol. The molecule has 3 aliphatic rings. The van der Waals surface area contributed by atoms with Gasteiger partial charge in [-0.15, -0.1) is 0 Å². The van der Waals surface area contributed by atoms with E-state index in [0.717, 1.165) is 18.6 Å². The van der Waals surface area contributed by atoms with Crippen molar-refractivity contribution in [3.8, 4) is 0 Å². The standard InChI is InChI=1S/C22H26F2N4O2/c1-2-25-22(26-8-7-13-12-16(23)5-6-17(13)24)27-9-10-28-20(29)18-14-3-4-15(11-14)19(18)21(28)30/h3-6,12,14-15,18-19H,2,7-11H2,1H3,(H2,25,26,27). The first-order valence-corrected chi connectivity index (χ1v) is 10.5. The predicted octanol–water partition coefficient (Wildman–Crippen LogP) is 1.87. The molecule has 0 radical (unpaired) electrons. The summed E-state index contributed by atoms with van der Waals surface area (Å²) in [6.07, 6.45) is 5.34. The summed E-state index contributed by atoms with van der Waals surface area (Å²) in [5.74, 6) is -0.507. The van der Waals surface area contributed by atoms with E-state index in [9.17, 15) is 18.4 Å². The summed E-state index contributed by atoms with van der Waals surface area (Å²) in [6, 6.07) is 3.37. The maximum Gasteiger partial charge on any atom is 0.233 e. The van der Waals surface area contributed by atoms with Crippen molar-refractivity contribution in [1.29, 1.82) is 0 Å². The number of halogens is 2. The SMILES string of the molecule is CCNC(=NCCc1cc(F)ccc1F)NCCN1C(=O)C2C3C=CC(C3)C2C1=O. The molecule has 2 N–H and O–H groups in total. The Morgan fingerprint density at radius 2 is 1.83 bits per heavy atom. The van der Waals surface area contributed by atoms with Gasteiger partial charge in [-0.05, 0) is 55.4 Å². The number of carbonyl (C=O) groups is 2. The molecule has 2 fully saturated rings. The highest BCUT2D eigenvalue weighted by molar-refractivity contribution is 6.06. The van der Waals surface area contributed by atoms with Crippen LogP contribution in [0.5, 0.6) is 0 Å². The van der Waals surface area contributed by atoms with Gasteiger partial charge >= 0.3 is 0 Å². The second kappa shape index (κ2) is 8.53. The van der Waals surface area contributed by atoms with Gasteiger partial charge in [-0.3, -0.25) is 19.5 Å². The predicted molar refractivity (Wildman–Crippen MR) is 108 cm³/mol. The summed E-state index contributed by atoms with van der Waals surface area (Å²) in [5.41, 5.74) is 0.276. The Morgan fingerprint density at radius 1 is 1.13 bits per heavy atom. The van der Waals surface area contributed by atoms with Crippen molar-refractivity contribution < 1.29 is 18.4 Å². The first-order chi connectivity index (χ1) is 14.5. The van der Waals surface area contributed by atoms with Crippen LogP contribution in [0.1, 0.15) is 18.9 Å². The maximum atomic E-state index is 13.7. The van der Waals surface area contributed by atoms with Crippen LogP contribution in [-0.4, -0.2) is 48.9 Å². The van der Waals surface area contributed by atoms with Gasteiger partial charge in [0.25, 0.3) is 0 Å². The van der Waals surface area contributed by atoms with E-state index in [0.29, 0.717) is 19.0 Å². The number of likely N-dealkylation sites (tertiary alicyclic amines) is 1. The molecule has 4 atom stereocenters. The summed E-state index contributed by atoms with van der Waals surface area (Å²) in [5, 5.41) is 6.19. The monoisotopic (exact) mass is 416 g/mol. The number of rotatable bonds is 7. The van der Waals surface area contributed by atoms with Crippen molar-refractivity contribution in [2.45, 2.75) is 19.8 Å². The van der Waals surface area contributed by atoms with Crippen LogP contribution < -0.4 is 10.6 Å². The van der Waals surface area contributed by atoms with Gasteiger partial charge in [-0.2, -0.15) is 0 Å². The van der Waals surface area contributed by atoms with E-state index >= 15 is 0 Å². The largest absolute Gasteiger partial charge is 0.357 e. The zero-order valence-corrected chi connectivity index (χ0v) is 16.9. The Labute approximate surface area is 174 Å². The average Bonchev–Trinajstić information content (AvgIpc) is 3.40. The van der Waals surface area contributed by atoms with Crippen LogP contribution in [-0.2, 0) is 16.0 Å². The van der Waals surface area contributed by atoms with Crippen molar-refractivity contribution in [1.82, 2.24) is 15.5 Å². The highest BCUT2D eigenvalue weighted by atomic mass is 19.1. The maximum absolute atomic E-state index is 13.7. The van der Waals surface area contributed by atoms with E-state index in [1.54, 1.807) is 0 Å². The summed E-state index contributed by atoms with van der Waals surface area (Å²) in [6.45, 7) is 3.48. The molecule has 2 bridgehead atoms. The number of amides is 2. The number of hydrogen-bond acceptors (Lipinski definition) is 3. The quantitative estimate of drug-likeness (QED) is 0.308. The van der Waals surface area contributed by atoms with Crippen LogP contribution in [0.2, 0.25) is 0 Å². The second-order valence-electron chi connectivity index (χ2n) is 8.00. The van der Waals surface area contributed by atoms with Gasteiger partial charge in [0.1, 0.15) is 11.6 Å². The number of hydrogen-bond donors (Lipinski definition) is 2. The lowest BCUT2D eigenvalue weighted by atomic mass is 9.85. The van der Waals surface area contributed by atoms with Gasteiger partial charge in [-0.1, -0.05) is 12.2 Å². The number of guanidine groups is 1. The Morgan fingerprint density at radius 3 is 2.50 bits per heavy atom. The number of nitrogens with zero attached hydrogens (tertiary/aromatic N) is 2. The third-order valence-corrected chi connectivity index (χ3v) is 6.19. The molecule has 2 aliphatic carbocycles. The number of imide groups is 1. The fourth-order valence-corrected chi connectivity index (χ4v) is 4.84. The van der Waals surface area contributed by atoms with E-state index < -0.39 is 11.6 Å². The lowest BCUT2D eigenvalue weighted by Crippen LogP contribution is -2.43. The molecule has 1 aromatic rings. The van der Waals surface area contributed by atoms with Gasteiger partial charge in [0, 0.05) is 26.2 Å². The van der Waals surface area contributed by atoms with Gasteiger partial charge in [0.2, 0.25) is 11.8 Å². The van der Waals surface area contributed by atoms with Gasteiger partial charge in [0.05, 0.1) is 11.8 Å². The summed E-state index contributed by atoms with van der Waals surface area (Å²) < 4.78 is 27.0. The second-order valence-corrected chi connectivity index (χ2v) is 8.00. The normalized spacial score (nSPS) is 27.2. The molecular formula is C22H26F2N4O2. The molecule has 1 heterocycles. The number of fused-ring (bicyclic) bond motifs is 5. The highest BCUT2D eigenvalue weighted by Crippen LogP contribution is 2.52. The number of aliphatic imine (C=N–C) groups is 1. The lowest BCUT2D eigenvalue weighted by Gasteiger charge is -2.18. The van der Waals surface area contributed by atoms with Crippen LogP contribution in [0.25, 0.3) is 0 Å². The molecule has 4 rings (SSSR count). The minimum Gasteiger partial charge on any atom is -0.357 e. The number of nitrogens with one attached hydrogen (secondary N) is 2. The Balaban J connectivity index is 1.30. The molecule has 1 saturated carbocycles. The first kappa shape index (κ1) is 20.5. The van der Waals surface area contributed by atoms with Crippen LogP contribution >= 0.6 is 0 Å². The molecule has 2 amide bonds.